The summed E-state index contributed by atoms with van der Waals surface area (Å²) in [5.74, 6) is -0.606. The molecule has 0 aliphatic rings. The fourth-order valence-corrected chi connectivity index (χ4v) is 1.92. The first kappa shape index (κ1) is 13.9. The Bertz CT molecular complexity index is 658. The molecule has 0 atom stereocenters. The minimum atomic E-state index is -1.08. The van der Waals surface area contributed by atoms with Crippen LogP contribution in [0.2, 0.25) is 0 Å². The third-order valence-corrected chi connectivity index (χ3v) is 2.85. The van der Waals surface area contributed by atoms with Crippen molar-refractivity contribution in [2.45, 2.75) is 13.8 Å². The summed E-state index contributed by atoms with van der Waals surface area (Å²) >= 11 is 0. The van der Waals surface area contributed by atoms with Crippen molar-refractivity contribution in [3.8, 4) is 11.4 Å². The smallest absolute Gasteiger partial charge is 0.352 e. The van der Waals surface area contributed by atoms with Crippen LogP contribution in [0.5, 0.6) is 5.75 Å². The summed E-state index contributed by atoms with van der Waals surface area (Å²) in [4.78, 5) is 22.7. The molecule has 2 rings (SSSR count). The zero-order valence-electron chi connectivity index (χ0n) is 11.3. The van der Waals surface area contributed by atoms with Gasteiger partial charge in [-0.05, 0) is 32.0 Å². The quantitative estimate of drug-likeness (QED) is 0.850. The van der Waals surface area contributed by atoms with Gasteiger partial charge in [0.25, 0.3) is 0 Å². The first-order valence-electron chi connectivity index (χ1n) is 6.22. The molecule has 0 radical (unpaired) electrons. The lowest BCUT2D eigenvalue weighted by Crippen LogP contribution is -2.05. The molecule has 1 aromatic heterocycles. The zero-order valence-corrected chi connectivity index (χ0v) is 11.3. The summed E-state index contributed by atoms with van der Waals surface area (Å²) in [5, 5.41) is 9.23. The van der Waals surface area contributed by atoms with Crippen LogP contribution < -0.4 is 4.74 Å². The maximum atomic E-state index is 11.4. The van der Waals surface area contributed by atoms with Gasteiger partial charge in [0, 0.05) is 23.5 Å². The third kappa shape index (κ3) is 2.71. The maximum absolute atomic E-state index is 11.4. The Kier molecular flexibility index (Phi) is 3.89. The highest BCUT2D eigenvalue weighted by Gasteiger charge is 2.16. The Morgan fingerprint density at radius 3 is 2.65 bits per heavy atom. The van der Waals surface area contributed by atoms with Crippen LogP contribution in [0.15, 0.2) is 36.5 Å². The van der Waals surface area contributed by atoms with E-state index in [1.807, 2.05) is 6.92 Å². The van der Waals surface area contributed by atoms with Crippen molar-refractivity contribution in [1.82, 2.24) is 4.57 Å². The van der Waals surface area contributed by atoms with Crippen LogP contribution in [0.3, 0.4) is 0 Å². The highest BCUT2D eigenvalue weighted by Crippen LogP contribution is 2.21. The lowest BCUT2D eigenvalue weighted by atomic mass is 10.2. The minimum Gasteiger partial charge on any atom is -0.494 e. The summed E-state index contributed by atoms with van der Waals surface area (Å²) in [6, 6.07) is 8.44. The van der Waals surface area contributed by atoms with Gasteiger partial charge >= 0.3 is 5.97 Å². The number of carbonyl (C=O) groups is 2. The van der Waals surface area contributed by atoms with E-state index in [0.29, 0.717) is 23.6 Å². The van der Waals surface area contributed by atoms with Crippen LogP contribution in [-0.4, -0.2) is 28.0 Å². The van der Waals surface area contributed by atoms with Crippen molar-refractivity contribution in [2.75, 3.05) is 6.61 Å². The van der Waals surface area contributed by atoms with Crippen LogP contribution in [-0.2, 0) is 0 Å². The van der Waals surface area contributed by atoms with Crippen LogP contribution in [0.1, 0.15) is 34.7 Å². The van der Waals surface area contributed by atoms with Crippen LogP contribution in [0.4, 0.5) is 0 Å². The third-order valence-electron chi connectivity index (χ3n) is 2.85. The van der Waals surface area contributed by atoms with Gasteiger partial charge in [0.05, 0.1) is 6.61 Å². The molecular weight excluding hydrogens is 258 g/mol. The molecule has 0 bridgehead atoms. The Morgan fingerprint density at radius 2 is 2.05 bits per heavy atom. The molecule has 1 aromatic carbocycles. The molecule has 104 valence electrons. The second-order valence-corrected chi connectivity index (χ2v) is 4.28. The predicted octanol–water partition coefficient (Wildman–Crippen LogP) is 2.78. The summed E-state index contributed by atoms with van der Waals surface area (Å²) < 4.78 is 6.87. The molecule has 2 aromatic rings. The number of Topliss-reactive ketones (excluding diaryl/α,β-unsaturated/α-hetero) is 1. The molecule has 0 saturated carbocycles. The first-order valence-corrected chi connectivity index (χ1v) is 6.22. The van der Waals surface area contributed by atoms with E-state index in [4.69, 9.17) is 4.74 Å². The number of carbonyl (C=O) groups excluding carboxylic acids is 1. The number of aromatic carboxylic acids is 1. The SMILES string of the molecule is CCOc1cccc(-n2cc(C(C)=O)cc2C(=O)O)c1. The van der Waals surface area contributed by atoms with Gasteiger partial charge in [-0.25, -0.2) is 4.79 Å². The zero-order chi connectivity index (χ0) is 14.7. The van der Waals surface area contributed by atoms with E-state index in [1.165, 1.54) is 23.8 Å². The van der Waals surface area contributed by atoms with Crippen LogP contribution in [0.25, 0.3) is 5.69 Å². The number of benzene rings is 1. The molecular formula is C15H15NO4. The number of carboxylic acid groups (broad SMARTS) is 1. The normalized spacial score (nSPS) is 10.3. The van der Waals surface area contributed by atoms with Crippen molar-refractivity contribution in [2.24, 2.45) is 0 Å². The van der Waals surface area contributed by atoms with Gasteiger partial charge in [-0.1, -0.05) is 6.07 Å². The van der Waals surface area contributed by atoms with Crippen molar-refractivity contribution in [3.05, 3.63) is 47.8 Å². The van der Waals surface area contributed by atoms with E-state index in [9.17, 15) is 14.7 Å². The molecule has 0 unspecified atom stereocenters. The summed E-state index contributed by atoms with van der Waals surface area (Å²) in [6.07, 6.45) is 1.52. The van der Waals surface area contributed by atoms with Gasteiger partial charge in [-0.15, -0.1) is 0 Å². The molecule has 1 heterocycles. The van der Waals surface area contributed by atoms with Gasteiger partial charge in [0.2, 0.25) is 0 Å². The summed E-state index contributed by atoms with van der Waals surface area (Å²) in [5.41, 5.74) is 1.05. The highest BCUT2D eigenvalue weighted by atomic mass is 16.5. The fourth-order valence-electron chi connectivity index (χ4n) is 1.92. The molecule has 20 heavy (non-hydrogen) atoms. The average Bonchev–Trinajstić information content (AvgIpc) is 2.85. The molecule has 1 N–H and O–H groups in total. The Balaban J connectivity index is 2.53. The van der Waals surface area contributed by atoms with Crippen LogP contribution >= 0.6 is 0 Å². The first-order chi connectivity index (χ1) is 9.52. The fraction of sp³-hybridized carbons (Fsp3) is 0.200. The van der Waals surface area contributed by atoms with Crippen molar-refractivity contribution >= 4 is 11.8 Å². The molecule has 0 aliphatic heterocycles. The largest absolute Gasteiger partial charge is 0.494 e. The lowest BCUT2D eigenvalue weighted by Gasteiger charge is -2.09. The number of rotatable bonds is 5. The molecule has 0 amide bonds. The van der Waals surface area contributed by atoms with Gasteiger partial charge in [0.15, 0.2) is 5.78 Å². The van der Waals surface area contributed by atoms with Gasteiger partial charge in [0.1, 0.15) is 11.4 Å². The second kappa shape index (κ2) is 5.61. The topological polar surface area (TPSA) is 68.5 Å². The number of hydrogen-bond acceptors (Lipinski definition) is 3. The molecule has 0 spiro atoms. The monoisotopic (exact) mass is 273 g/mol. The van der Waals surface area contributed by atoms with E-state index in [2.05, 4.69) is 0 Å². The van der Waals surface area contributed by atoms with Gasteiger partial charge in [-0.3, -0.25) is 4.79 Å². The number of carboxylic acids is 1. The number of nitrogens with zero attached hydrogens (tertiary/aromatic N) is 1. The van der Waals surface area contributed by atoms with Crippen LogP contribution in [0, 0.1) is 0 Å². The molecule has 5 nitrogen and oxygen atoms in total. The summed E-state index contributed by atoms with van der Waals surface area (Å²) in [7, 11) is 0. The second-order valence-electron chi connectivity index (χ2n) is 4.28. The van der Waals surface area contributed by atoms with E-state index < -0.39 is 5.97 Å². The minimum absolute atomic E-state index is 0.0452. The maximum Gasteiger partial charge on any atom is 0.352 e. The van der Waals surface area contributed by atoms with Crippen molar-refractivity contribution < 1.29 is 19.4 Å². The number of hydrogen-bond donors (Lipinski definition) is 1. The number of aromatic nitrogens is 1. The van der Waals surface area contributed by atoms with Gasteiger partial charge in [-0.2, -0.15) is 0 Å². The highest BCUT2D eigenvalue weighted by molar-refractivity contribution is 5.97. The van der Waals surface area contributed by atoms with E-state index in [-0.39, 0.29) is 11.5 Å². The Labute approximate surface area is 116 Å². The van der Waals surface area contributed by atoms with E-state index >= 15 is 0 Å². The molecule has 0 saturated heterocycles. The Morgan fingerprint density at radius 1 is 1.30 bits per heavy atom. The average molecular weight is 273 g/mol. The molecule has 0 aliphatic carbocycles. The standard InChI is InChI=1S/C15H15NO4/c1-3-20-13-6-4-5-12(8-13)16-9-11(10(2)17)7-14(16)15(18)19/h4-9H,3H2,1-2H3,(H,18,19). The van der Waals surface area contributed by atoms with E-state index in [1.54, 1.807) is 24.3 Å². The summed E-state index contributed by atoms with van der Waals surface area (Å²) in [6.45, 7) is 3.81. The van der Waals surface area contributed by atoms with E-state index in [0.717, 1.165) is 0 Å². The number of ether oxygens (including phenoxy) is 1. The molecule has 5 heteroatoms. The van der Waals surface area contributed by atoms with Crippen molar-refractivity contribution in [1.29, 1.82) is 0 Å². The lowest BCUT2D eigenvalue weighted by molar-refractivity contribution is 0.0688. The van der Waals surface area contributed by atoms with Crippen molar-refractivity contribution in [3.63, 3.8) is 0 Å². The molecule has 0 fully saturated rings. The van der Waals surface area contributed by atoms with Gasteiger partial charge < -0.3 is 14.4 Å². The number of ketones is 1. The predicted molar refractivity (Wildman–Crippen MR) is 73.9 cm³/mol. The Hall–Kier alpha value is -2.56.